The number of fused-ring (bicyclic) bond motifs is 5. The first kappa shape index (κ1) is 34.8. The van der Waals surface area contributed by atoms with Gasteiger partial charge in [-0.2, -0.15) is 0 Å². The molecule has 1 aromatic carbocycles. The van der Waals surface area contributed by atoms with Crippen LogP contribution in [0, 0.1) is 11.3 Å². The number of hydrogen-bond donors (Lipinski definition) is 1. The Labute approximate surface area is 314 Å². The van der Waals surface area contributed by atoms with Crippen LogP contribution in [0.5, 0.6) is 6.01 Å². The van der Waals surface area contributed by atoms with E-state index in [-0.39, 0.29) is 33.8 Å². The topological polar surface area (TPSA) is 148 Å². The van der Waals surface area contributed by atoms with Crippen molar-refractivity contribution in [2.45, 2.75) is 92.7 Å². The number of hydrogen-bond acceptors (Lipinski definition) is 11. The molecule has 4 atom stereocenters. The summed E-state index contributed by atoms with van der Waals surface area (Å²) in [6, 6.07) is 6.68. The summed E-state index contributed by atoms with van der Waals surface area (Å²) in [5.74, 6) is 0.798. The summed E-state index contributed by atoms with van der Waals surface area (Å²) in [5.41, 5.74) is 11.4. The molecule has 1 amide bonds. The number of nitrogens with zero attached hydrogens (tertiary/aromatic N) is 8. The molecule has 5 aliphatic rings. The number of aromatic nitrogens is 4. The van der Waals surface area contributed by atoms with Gasteiger partial charge in [0, 0.05) is 0 Å². The van der Waals surface area contributed by atoms with Crippen molar-refractivity contribution < 1.29 is 39.0 Å². The maximum atomic E-state index is 12.9. The van der Waals surface area contributed by atoms with E-state index in [1.807, 2.05) is 10.7 Å². The molecule has 15 heteroatoms. The van der Waals surface area contributed by atoms with E-state index in [0.29, 0.717) is 48.3 Å². The monoisotopic (exact) mass is 828 g/mol. The van der Waals surface area contributed by atoms with Gasteiger partial charge in [0.05, 0.1) is 0 Å². The van der Waals surface area contributed by atoms with E-state index in [1.165, 1.54) is 4.90 Å². The molecule has 51 heavy (non-hydrogen) atoms. The number of halogens is 2. The van der Waals surface area contributed by atoms with Gasteiger partial charge in [-0.1, -0.05) is 0 Å². The number of anilines is 2. The molecular formula is C36H44ClIN9O4-. The molecule has 0 bridgehead atoms. The molecule has 1 spiro atoms. The van der Waals surface area contributed by atoms with Crippen molar-refractivity contribution in [2.24, 2.45) is 0 Å². The van der Waals surface area contributed by atoms with Crippen molar-refractivity contribution in [1.82, 2.24) is 29.5 Å². The third kappa shape index (κ3) is 5.83. The standard InChI is InChI=1S/C36H44ClIN9O4/c1-21-9-11-35(29-23(21)7-8-26(40)24(29)17-39)16-27-25(20-50-35)32(42-34(41-27)51-38-36-10-5-13-46(36)18-22(15-36)49-4)45-12-6-14-47-28(19-45)30(37)31(43-47)33(48)44(2)3/h7-8,21-22H,5-6,9-16,18-20,40H2,1-4H3/q-1/t21-,22+,35-,36?/m0/s1. The van der Waals surface area contributed by atoms with Gasteiger partial charge >= 0.3 is 316 Å². The average Bonchev–Trinajstić information content (AvgIpc) is 3.72. The molecule has 272 valence electrons. The summed E-state index contributed by atoms with van der Waals surface area (Å²) in [7, 11) is 5.19. The molecule has 2 aromatic heterocycles. The van der Waals surface area contributed by atoms with Crippen LogP contribution in [-0.2, 0) is 41.2 Å². The van der Waals surface area contributed by atoms with E-state index < -0.39 is 27.2 Å². The molecule has 6 heterocycles. The first-order valence-corrected chi connectivity index (χ1v) is 20.1. The van der Waals surface area contributed by atoms with Gasteiger partial charge < -0.3 is 0 Å². The molecule has 2 saturated heterocycles. The van der Waals surface area contributed by atoms with Gasteiger partial charge in [-0.25, -0.2) is 0 Å². The van der Waals surface area contributed by atoms with Gasteiger partial charge in [-0.3, -0.25) is 0 Å². The second kappa shape index (κ2) is 13.3. The number of carbonyl (C=O) groups is 1. The molecule has 0 saturated carbocycles. The third-order valence-corrected chi connectivity index (χ3v) is 15.0. The van der Waals surface area contributed by atoms with Crippen LogP contribution in [0.25, 0.3) is 0 Å². The summed E-state index contributed by atoms with van der Waals surface area (Å²) >= 11 is 6.07. The van der Waals surface area contributed by atoms with Crippen molar-refractivity contribution in [3.8, 4) is 12.1 Å². The molecule has 1 aliphatic carbocycles. The van der Waals surface area contributed by atoms with Crippen LogP contribution in [0.1, 0.15) is 95.5 Å². The number of rotatable bonds is 6. The Hall–Kier alpha value is -3.23. The molecule has 1 unspecified atom stereocenters. The van der Waals surface area contributed by atoms with Crippen molar-refractivity contribution in [1.29, 1.82) is 5.26 Å². The van der Waals surface area contributed by atoms with Gasteiger partial charge in [-0.05, 0) is 0 Å². The van der Waals surface area contributed by atoms with Gasteiger partial charge in [-0.15, -0.1) is 0 Å². The zero-order valence-electron chi connectivity index (χ0n) is 29.5. The predicted octanol–water partition coefficient (Wildman–Crippen LogP) is 1.35. The predicted molar refractivity (Wildman–Crippen MR) is 186 cm³/mol. The minimum atomic E-state index is -0.816. The van der Waals surface area contributed by atoms with Crippen molar-refractivity contribution in [3.63, 3.8) is 0 Å². The summed E-state index contributed by atoms with van der Waals surface area (Å²) in [6.45, 7) is 6.20. The number of methoxy groups -OCH3 is 1. The van der Waals surface area contributed by atoms with E-state index in [4.69, 9.17) is 39.8 Å². The van der Waals surface area contributed by atoms with Crippen molar-refractivity contribution >= 4 is 29.0 Å². The van der Waals surface area contributed by atoms with Gasteiger partial charge in [0.2, 0.25) is 0 Å². The molecule has 4 aliphatic heterocycles. The number of nitriles is 1. The minimum absolute atomic E-state index is 0.000998. The molecule has 13 nitrogen and oxygen atoms in total. The molecule has 2 fully saturated rings. The molecule has 0 radical (unpaired) electrons. The summed E-state index contributed by atoms with van der Waals surface area (Å²) in [5, 5.41) is 15.3. The van der Waals surface area contributed by atoms with Crippen LogP contribution >= 0.6 is 11.6 Å². The van der Waals surface area contributed by atoms with Crippen molar-refractivity contribution in [3.05, 3.63) is 56.5 Å². The van der Waals surface area contributed by atoms with Gasteiger partial charge in [0.15, 0.2) is 0 Å². The Morgan fingerprint density at radius 1 is 1.22 bits per heavy atom. The number of amides is 1. The number of benzene rings is 1. The fraction of sp³-hybridized carbons (Fsp3) is 0.583. The van der Waals surface area contributed by atoms with Crippen LogP contribution in [0.15, 0.2) is 12.1 Å². The van der Waals surface area contributed by atoms with Gasteiger partial charge in [0.1, 0.15) is 0 Å². The third-order valence-electron chi connectivity index (χ3n) is 11.5. The zero-order valence-corrected chi connectivity index (χ0v) is 32.5. The number of nitrogen functional groups attached to an aromatic ring is 1. The van der Waals surface area contributed by atoms with Crippen LogP contribution < -0.4 is 35.3 Å². The fourth-order valence-electron chi connectivity index (χ4n) is 8.76. The Kier molecular flexibility index (Phi) is 9.10. The SMILES string of the molecule is CO[C@H]1CN2CCCC2([I-]Oc2nc3c(c(N4CCCn5nc(C(=O)N(C)C)c(Cl)c5C4)n2)CO[C@@]2(CC[C@H](C)c4ccc(N)c(C#N)c42)C3)C1. The van der Waals surface area contributed by atoms with E-state index in [1.54, 1.807) is 21.2 Å². The maximum absolute atomic E-state index is 12.9. The molecule has 8 rings (SSSR count). The van der Waals surface area contributed by atoms with E-state index in [9.17, 15) is 10.1 Å². The second-order valence-electron chi connectivity index (χ2n) is 14.8. The average molecular weight is 829 g/mol. The van der Waals surface area contributed by atoms with Crippen LogP contribution in [0.3, 0.4) is 0 Å². The number of nitrogens with two attached hydrogens (primary N) is 1. The first-order valence-electron chi connectivity index (χ1n) is 17.8. The van der Waals surface area contributed by atoms with E-state index >= 15 is 0 Å². The number of alkyl halides is 1. The molecule has 3 aromatic rings. The quantitative estimate of drug-likeness (QED) is 0.166. The summed E-state index contributed by atoms with van der Waals surface area (Å²) in [4.78, 5) is 29.5. The fourth-order valence-corrected chi connectivity index (χ4v) is 11.8. The van der Waals surface area contributed by atoms with Crippen LogP contribution in [-0.4, -0.2) is 85.9 Å². The van der Waals surface area contributed by atoms with Crippen molar-refractivity contribution in [2.75, 3.05) is 51.5 Å². The Bertz CT molecular complexity index is 1930. The second-order valence-corrected chi connectivity index (χ2v) is 18.0. The zero-order chi connectivity index (χ0) is 35.7. The van der Waals surface area contributed by atoms with Crippen LogP contribution in [0.4, 0.5) is 11.5 Å². The Morgan fingerprint density at radius 3 is 2.84 bits per heavy atom. The first-order chi connectivity index (χ1) is 24.6. The normalized spacial score (nSPS) is 27.0. The molecular weight excluding hydrogens is 785 g/mol. The molecule has 2 N–H and O–H groups in total. The van der Waals surface area contributed by atoms with E-state index in [2.05, 4.69) is 34.0 Å². The van der Waals surface area contributed by atoms with Gasteiger partial charge in [0.25, 0.3) is 0 Å². The summed E-state index contributed by atoms with van der Waals surface area (Å²) < 4.78 is 21.3. The Morgan fingerprint density at radius 2 is 2.06 bits per heavy atom. The summed E-state index contributed by atoms with van der Waals surface area (Å²) in [6.07, 6.45) is 6.33. The number of ether oxygens (including phenoxy) is 2. The number of aryl methyl sites for hydroxylation is 1. The number of carbonyl (C=O) groups excluding carboxylic acids is 1. The van der Waals surface area contributed by atoms with E-state index in [0.717, 1.165) is 85.5 Å². The van der Waals surface area contributed by atoms with Crippen LogP contribution in [0.2, 0.25) is 5.02 Å². The Balaban J connectivity index is 1.20.